The van der Waals surface area contributed by atoms with Crippen molar-refractivity contribution in [1.82, 2.24) is 0 Å². The lowest BCUT2D eigenvalue weighted by atomic mass is 9.90. The van der Waals surface area contributed by atoms with Crippen molar-refractivity contribution < 1.29 is 24.1 Å². The molecule has 0 fully saturated rings. The van der Waals surface area contributed by atoms with Crippen molar-refractivity contribution >= 4 is 5.97 Å². The van der Waals surface area contributed by atoms with Crippen molar-refractivity contribution in [2.75, 3.05) is 26.4 Å². The van der Waals surface area contributed by atoms with E-state index in [4.69, 9.17) is 19.9 Å². The number of hydrogen-bond donors (Lipinski definition) is 2. The van der Waals surface area contributed by atoms with E-state index >= 15 is 0 Å². The average Bonchev–Trinajstić information content (AvgIpc) is 2.56. The van der Waals surface area contributed by atoms with Gasteiger partial charge in [-0.05, 0) is 45.6 Å². The highest BCUT2D eigenvalue weighted by molar-refractivity contribution is 5.70. The quantitative estimate of drug-likeness (QED) is 0.600. The standard InChI is InChI=1S/C19H31NO5/c1-5-23-16-10-14(8-13(4)9-15(12-20)19(21)22)18(25-7-3)17(11-16)24-6-2/h10-11,13,15H,5-9,12,20H2,1-4H3,(H,21,22). The molecule has 1 aromatic carbocycles. The second kappa shape index (κ2) is 10.8. The Balaban J connectivity index is 3.09. The number of carboxylic acids is 1. The third-order valence-electron chi connectivity index (χ3n) is 3.89. The first-order valence-corrected chi connectivity index (χ1v) is 8.94. The number of carbonyl (C=O) groups is 1. The Morgan fingerprint density at radius 1 is 1.12 bits per heavy atom. The fraction of sp³-hybridized carbons (Fsp3) is 0.632. The zero-order valence-corrected chi connectivity index (χ0v) is 15.7. The first kappa shape index (κ1) is 21.1. The van der Waals surface area contributed by atoms with Gasteiger partial charge in [0.1, 0.15) is 5.75 Å². The molecule has 2 atom stereocenters. The van der Waals surface area contributed by atoms with Crippen LogP contribution in [-0.2, 0) is 11.2 Å². The molecule has 0 bridgehead atoms. The van der Waals surface area contributed by atoms with Crippen LogP contribution in [0, 0.1) is 11.8 Å². The monoisotopic (exact) mass is 353 g/mol. The number of rotatable bonds is 12. The summed E-state index contributed by atoms with van der Waals surface area (Å²) in [5.74, 6) is 0.843. The molecule has 0 aliphatic heterocycles. The van der Waals surface area contributed by atoms with Gasteiger partial charge in [0.15, 0.2) is 11.5 Å². The summed E-state index contributed by atoms with van der Waals surface area (Å²) in [4.78, 5) is 11.2. The Bertz CT molecular complexity index is 547. The topological polar surface area (TPSA) is 91.0 Å². The molecule has 0 aliphatic carbocycles. The zero-order valence-electron chi connectivity index (χ0n) is 15.7. The van der Waals surface area contributed by atoms with E-state index in [9.17, 15) is 9.90 Å². The van der Waals surface area contributed by atoms with Crippen LogP contribution in [0.5, 0.6) is 17.2 Å². The lowest BCUT2D eigenvalue weighted by Gasteiger charge is -2.21. The largest absolute Gasteiger partial charge is 0.494 e. The van der Waals surface area contributed by atoms with Gasteiger partial charge in [0.05, 0.1) is 25.7 Å². The van der Waals surface area contributed by atoms with Gasteiger partial charge < -0.3 is 25.1 Å². The van der Waals surface area contributed by atoms with E-state index in [1.807, 2.05) is 39.8 Å². The molecule has 3 N–H and O–H groups in total. The van der Waals surface area contributed by atoms with Gasteiger partial charge in [-0.2, -0.15) is 0 Å². The summed E-state index contributed by atoms with van der Waals surface area (Å²) in [6, 6.07) is 3.79. The molecule has 0 saturated carbocycles. The normalized spacial score (nSPS) is 13.2. The Morgan fingerprint density at radius 3 is 2.28 bits per heavy atom. The number of ether oxygens (including phenoxy) is 3. The lowest BCUT2D eigenvalue weighted by molar-refractivity contribution is -0.141. The minimum absolute atomic E-state index is 0.134. The average molecular weight is 353 g/mol. The van der Waals surface area contributed by atoms with Gasteiger partial charge in [-0.15, -0.1) is 0 Å². The highest BCUT2D eigenvalue weighted by Gasteiger charge is 2.22. The maximum atomic E-state index is 11.2. The van der Waals surface area contributed by atoms with Crippen LogP contribution in [0.3, 0.4) is 0 Å². The molecular formula is C19H31NO5. The van der Waals surface area contributed by atoms with Crippen molar-refractivity contribution in [3.05, 3.63) is 17.7 Å². The van der Waals surface area contributed by atoms with E-state index in [1.165, 1.54) is 0 Å². The van der Waals surface area contributed by atoms with E-state index in [1.54, 1.807) is 0 Å². The molecule has 0 saturated heterocycles. The van der Waals surface area contributed by atoms with Crippen LogP contribution in [0.4, 0.5) is 0 Å². The van der Waals surface area contributed by atoms with Crippen LogP contribution < -0.4 is 19.9 Å². The zero-order chi connectivity index (χ0) is 18.8. The third kappa shape index (κ3) is 6.46. The predicted octanol–water partition coefficient (Wildman–Crippen LogP) is 3.11. The van der Waals surface area contributed by atoms with E-state index in [0.29, 0.717) is 44.2 Å². The first-order chi connectivity index (χ1) is 12.0. The molecule has 1 rings (SSSR count). The van der Waals surface area contributed by atoms with Crippen LogP contribution in [0.15, 0.2) is 12.1 Å². The number of carboxylic acid groups (broad SMARTS) is 1. The predicted molar refractivity (Wildman–Crippen MR) is 97.6 cm³/mol. The smallest absolute Gasteiger partial charge is 0.307 e. The maximum Gasteiger partial charge on any atom is 0.307 e. The molecule has 142 valence electrons. The van der Waals surface area contributed by atoms with Crippen LogP contribution in [0.2, 0.25) is 0 Å². The molecule has 2 unspecified atom stereocenters. The summed E-state index contributed by atoms with van der Waals surface area (Å²) in [6.45, 7) is 9.55. The fourth-order valence-corrected chi connectivity index (χ4v) is 2.85. The molecule has 0 radical (unpaired) electrons. The van der Waals surface area contributed by atoms with Crippen molar-refractivity contribution in [2.45, 2.75) is 40.5 Å². The van der Waals surface area contributed by atoms with Crippen molar-refractivity contribution in [1.29, 1.82) is 0 Å². The van der Waals surface area contributed by atoms with E-state index in [2.05, 4.69) is 0 Å². The number of nitrogens with two attached hydrogens (primary N) is 1. The van der Waals surface area contributed by atoms with Gasteiger partial charge in [-0.1, -0.05) is 6.92 Å². The molecule has 25 heavy (non-hydrogen) atoms. The summed E-state index contributed by atoms with van der Waals surface area (Å²) in [5, 5.41) is 9.21. The highest BCUT2D eigenvalue weighted by atomic mass is 16.5. The Labute approximate surface area is 150 Å². The SMILES string of the molecule is CCOc1cc(CC(C)CC(CN)C(=O)O)c(OCC)c(OCC)c1. The second-order valence-corrected chi connectivity index (χ2v) is 6.02. The molecular weight excluding hydrogens is 322 g/mol. The molecule has 0 heterocycles. The van der Waals surface area contributed by atoms with Crippen LogP contribution >= 0.6 is 0 Å². The van der Waals surface area contributed by atoms with Crippen LogP contribution in [0.1, 0.15) is 39.7 Å². The lowest BCUT2D eigenvalue weighted by Crippen LogP contribution is -2.25. The molecule has 0 amide bonds. The molecule has 6 nitrogen and oxygen atoms in total. The van der Waals surface area contributed by atoms with Crippen molar-refractivity contribution in [3.63, 3.8) is 0 Å². The number of benzene rings is 1. The van der Waals surface area contributed by atoms with Crippen molar-refractivity contribution in [3.8, 4) is 17.2 Å². The van der Waals surface area contributed by atoms with Gasteiger partial charge in [0.2, 0.25) is 0 Å². The molecule has 6 heteroatoms. The number of hydrogen-bond acceptors (Lipinski definition) is 5. The van der Waals surface area contributed by atoms with Gasteiger partial charge in [-0.25, -0.2) is 0 Å². The number of aliphatic carboxylic acids is 1. The van der Waals surface area contributed by atoms with Gasteiger partial charge in [0, 0.05) is 18.2 Å². The minimum atomic E-state index is -0.850. The third-order valence-corrected chi connectivity index (χ3v) is 3.89. The summed E-state index contributed by atoms with van der Waals surface area (Å²) in [7, 11) is 0. The maximum absolute atomic E-state index is 11.2. The summed E-state index contributed by atoms with van der Waals surface area (Å²) in [5.41, 5.74) is 6.54. The van der Waals surface area contributed by atoms with E-state index in [0.717, 1.165) is 11.3 Å². The fourth-order valence-electron chi connectivity index (χ4n) is 2.85. The highest BCUT2D eigenvalue weighted by Crippen LogP contribution is 2.38. The van der Waals surface area contributed by atoms with Crippen LogP contribution in [0.25, 0.3) is 0 Å². The summed E-state index contributed by atoms with van der Waals surface area (Å²) in [6.07, 6.45) is 1.18. The second-order valence-electron chi connectivity index (χ2n) is 6.02. The van der Waals surface area contributed by atoms with Crippen molar-refractivity contribution in [2.24, 2.45) is 17.6 Å². The Hall–Kier alpha value is -1.95. The summed E-state index contributed by atoms with van der Waals surface area (Å²) < 4.78 is 17.2. The van der Waals surface area contributed by atoms with Gasteiger partial charge in [0.25, 0.3) is 0 Å². The molecule has 1 aromatic rings. The minimum Gasteiger partial charge on any atom is -0.494 e. The Morgan fingerprint density at radius 2 is 1.76 bits per heavy atom. The van der Waals surface area contributed by atoms with Crippen LogP contribution in [-0.4, -0.2) is 37.4 Å². The van der Waals surface area contributed by atoms with E-state index in [-0.39, 0.29) is 12.5 Å². The Kier molecular flexibility index (Phi) is 9.13. The van der Waals surface area contributed by atoms with Gasteiger partial charge >= 0.3 is 5.97 Å². The van der Waals surface area contributed by atoms with E-state index < -0.39 is 11.9 Å². The molecule has 0 aromatic heterocycles. The molecule has 0 spiro atoms. The summed E-state index contributed by atoms with van der Waals surface area (Å²) >= 11 is 0. The first-order valence-electron chi connectivity index (χ1n) is 8.94. The van der Waals surface area contributed by atoms with Gasteiger partial charge in [-0.3, -0.25) is 4.79 Å². The molecule has 0 aliphatic rings.